The normalized spacial score (nSPS) is 10.0. The third kappa shape index (κ3) is 1.83. The summed E-state index contributed by atoms with van der Waals surface area (Å²) in [4.78, 5) is 25.1. The number of pyridine rings is 1. The second-order valence-corrected chi connectivity index (χ2v) is 3.03. The van der Waals surface area contributed by atoms with Gasteiger partial charge in [-0.3, -0.25) is 4.79 Å². The van der Waals surface area contributed by atoms with Crippen LogP contribution in [0.2, 0.25) is 0 Å². The molecule has 80 valence electrons. The van der Waals surface area contributed by atoms with Gasteiger partial charge in [0.25, 0.3) is 0 Å². The molecule has 0 aliphatic carbocycles. The first-order valence-electron chi connectivity index (χ1n) is 4.46. The largest absolute Gasteiger partial charge is 0.475 e. The summed E-state index contributed by atoms with van der Waals surface area (Å²) in [6.45, 7) is 0. The van der Waals surface area contributed by atoms with E-state index in [0.29, 0.717) is 17.7 Å². The Balaban J connectivity index is 2.42. The molecule has 5 heteroatoms. The third-order valence-electron chi connectivity index (χ3n) is 1.96. The Labute approximate surface area is 90.3 Å². The minimum absolute atomic E-state index is 0.159. The van der Waals surface area contributed by atoms with Crippen molar-refractivity contribution >= 4 is 12.3 Å². The molecular weight excluding hydrogens is 210 g/mol. The highest BCUT2D eigenvalue weighted by atomic mass is 16.4. The number of carbonyl (C=O) groups excluding carboxylic acids is 1. The first kappa shape index (κ1) is 10.1. The van der Waals surface area contributed by atoms with E-state index < -0.39 is 5.97 Å². The van der Waals surface area contributed by atoms with Crippen LogP contribution in [-0.4, -0.2) is 22.3 Å². The lowest BCUT2D eigenvalue weighted by Crippen LogP contribution is -1.92. The number of nitrogens with zero attached hydrogens (tertiary/aromatic N) is 1. The molecule has 2 aromatic rings. The summed E-state index contributed by atoms with van der Waals surface area (Å²) in [6, 6.07) is 7.68. The molecule has 0 aromatic carbocycles. The zero-order valence-corrected chi connectivity index (χ0v) is 8.08. The molecule has 0 amide bonds. The van der Waals surface area contributed by atoms with E-state index in [1.807, 2.05) is 0 Å². The Bertz CT molecular complexity index is 544. The van der Waals surface area contributed by atoms with Gasteiger partial charge in [0.15, 0.2) is 12.0 Å². The van der Waals surface area contributed by atoms with E-state index in [9.17, 15) is 9.59 Å². The van der Waals surface area contributed by atoms with Crippen LogP contribution in [0.4, 0.5) is 0 Å². The van der Waals surface area contributed by atoms with Gasteiger partial charge in [0.2, 0.25) is 5.76 Å². The molecule has 0 radical (unpaired) electrons. The molecule has 0 atom stereocenters. The van der Waals surface area contributed by atoms with Gasteiger partial charge in [-0.2, -0.15) is 0 Å². The summed E-state index contributed by atoms with van der Waals surface area (Å²) < 4.78 is 5.05. The van der Waals surface area contributed by atoms with E-state index in [2.05, 4.69) is 4.98 Å². The zero-order valence-electron chi connectivity index (χ0n) is 8.08. The SMILES string of the molecule is O=Cc1cccc(-c2ccc(C(=O)O)o2)n1. The molecular formula is C11H7NO4. The summed E-state index contributed by atoms with van der Waals surface area (Å²) in [5.74, 6) is -0.979. The molecule has 5 nitrogen and oxygen atoms in total. The maximum atomic E-state index is 10.6. The van der Waals surface area contributed by atoms with Gasteiger partial charge in [-0.05, 0) is 24.3 Å². The summed E-state index contributed by atoms with van der Waals surface area (Å²) in [5.41, 5.74) is 0.697. The van der Waals surface area contributed by atoms with E-state index in [0.717, 1.165) is 0 Å². The molecule has 2 heterocycles. The lowest BCUT2D eigenvalue weighted by Gasteiger charge is -1.96. The van der Waals surface area contributed by atoms with Crippen molar-refractivity contribution in [3.63, 3.8) is 0 Å². The fourth-order valence-electron chi connectivity index (χ4n) is 1.24. The van der Waals surface area contributed by atoms with Crippen LogP contribution in [0, 0.1) is 0 Å². The average Bonchev–Trinajstić information content (AvgIpc) is 2.78. The summed E-state index contributed by atoms with van der Waals surface area (Å²) >= 11 is 0. The fraction of sp³-hybridized carbons (Fsp3) is 0. The average molecular weight is 217 g/mol. The minimum Gasteiger partial charge on any atom is -0.475 e. The molecule has 0 spiro atoms. The van der Waals surface area contributed by atoms with Crippen LogP contribution in [0.15, 0.2) is 34.7 Å². The minimum atomic E-state index is -1.14. The second-order valence-electron chi connectivity index (χ2n) is 3.03. The Morgan fingerprint density at radius 1 is 1.31 bits per heavy atom. The monoisotopic (exact) mass is 217 g/mol. The number of aromatic carboxylic acids is 1. The van der Waals surface area contributed by atoms with Crippen molar-refractivity contribution in [3.05, 3.63) is 41.8 Å². The Hall–Kier alpha value is -2.43. The predicted molar refractivity (Wildman–Crippen MR) is 54.3 cm³/mol. The van der Waals surface area contributed by atoms with Crippen molar-refractivity contribution in [1.82, 2.24) is 4.98 Å². The second kappa shape index (κ2) is 3.98. The van der Waals surface area contributed by atoms with Crippen molar-refractivity contribution in [2.75, 3.05) is 0 Å². The number of carbonyl (C=O) groups is 2. The maximum Gasteiger partial charge on any atom is 0.371 e. The maximum absolute atomic E-state index is 10.6. The summed E-state index contributed by atoms with van der Waals surface area (Å²) in [7, 11) is 0. The molecule has 0 aliphatic heterocycles. The number of carboxylic acid groups (broad SMARTS) is 1. The van der Waals surface area contributed by atoms with Gasteiger partial charge in [0, 0.05) is 0 Å². The van der Waals surface area contributed by atoms with E-state index >= 15 is 0 Å². The van der Waals surface area contributed by atoms with E-state index in [1.165, 1.54) is 12.1 Å². The molecule has 0 saturated carbocycles. The molecule has 1 N–H and O–H groups in total. The van der Waals surface area contributed by atoms with E-state index in [1.54, 1.807) is 18.2 Å². The lowest BCUT2D eigenvalue weighted by molar-refractivity contribution is 0.0663. The van der Waals surface area contributed by atoms with Crippen LogP contribution in [-0.2, 0) is 0 Å². The molecule has 0 aliphatic rings. The topological polar surface area (TPSA) is 80.4 Å². The lowest BCUT2D eigenvalue weighted by atomic mass is 10.2. The standard InChI is InChI=1S/C11H7NO4/c13-6-7-2-1-3-8(12-7)9-4-5-10(16-9)11(14)15/h1-6H,(H,14,15). The first-order valence-corrected chi connectivity index (χ1v) is 4.46. The molecule has 0 saturated heterocycles. The number of hydrogen-bond acceptors (Lipinski definition) is 4. The first-order chi connectivity index (χ1) is 7.70. The van der Waals surface area contributed by atoms with Gasteiger partial charge in [-0.1, -0.05) is 6.07 Å². The van der Waals surface area contributed by atoms with Gasteiger partial charge in [0.1, 0.15) is 11.4 Å². The number of furan rings is 1. The van der Waals surface area contributed by atoms with Crippen LogP contribution in [0.25, 0.3) is 11.5 Å². The number of rotatable bonds is 3. The number of carboxylic acids is 1. The van der Waals surface area contributed by atoms with E-state index in [4.69, 9.17) is 9.52 Å². The van der Waals surface area contributed by atoms with Gasteiger partial charge in [0.05, 0.1) is 0 Å². The summed E-state index contributed by atoms with van der Waals surface area (Å²) in [5, 5.41) is 8.68. The van der Waals surface area contributed by atoms with Gasteiger partial charge < -0.3 is 9.52 Å². The molecule has 0 fully saturated rings. The van der Waals surface area contributed by atoms with Gasteiger partial charge in [-0.25, -0.2) is 9.78 Å². The van der Waals surface area contributed by atoms with Crippen molar-refractivity contribution < 1.29 is 19.1 Å². The van der Waals surface area contributed by atoms with Crippen molar-refractivity contribution in [2.45, 2.75) is 0 Å². The molecule has 0 bridgehead atoms. The molecule has 0 unspecified atom stereocenters. The highest BCUT2D eigenvalue weighted by Crippen LogP contribution is 2.20. The van der Waals surface area contributed by atoms with Crippen LogP contribution < -0.4 is 0 Å². The Morgan fingerprint density at radius 2 is 2.12 bits per heavy atom. The van der Waals surface area contributed by atoms with Gasteiger partial charge >= 0.3 is 5.97 Å². The highest BCUT2D eigenvalue weighted by Gasteiger charge is 2.11. The molecule has 2 aromatic heterocycles. The number of aromatic nitrogens is 1. The highest BCUT2D eigenvalue weighted by molar-refractivity contribution is 5.85. The van der Waals surface area contributed by atoms with Crippen molar-refractivity contribution in [1.29, 1.82) is 0 Å². The van der Waals surface area contributed by atoms with Crippen LogP contribution >= 0.6 is 0 Å². The van der Waals surface area contributed by atoms with Crippen LogP contribution in [0.5, 0.6) is 0 Å². The molecule has 16 heavy (non-hydrogen) atoms. The quantitative estimate of drug-likeness (QED) is 0.793. The fourth-order valence-corrected chi connectivity index (χ4v) is 1.24. The van der Waals surface area contributed by atoms with Crippen molar-refractivity contribution in [3.8, 4) is 11.5 Å². The van der Waals surface area contributed by atoms with Crippen molar-refractivity contribution in [2.24, 2.45) is 0 Å². The smallest absolute Gasteiger partial charge is 0.371 e. The Kier molecular flexibility index (Phi) is 2.51. The van der Waals surface area contributed by atoms with Gasteiger partial charge in [-0.15, -0.1) is 0 Å². The third-order valence-corrected chi connectivity index (χ3v) is 1.96. The molecule has 2 rings (SSSR count). The van der Waals surface area contributed by atoms with Crippen LogP contribution in [0.3, 0.4) is 0 Å². The Morgan fingerprint density at radius 3 is 2.75 bits per heavy atom. The zero-order chi connectivity index (χ0) is 11.5. The predicted octanol–water partition coefficient (Wildman–Crippen LogP) is 1.85. The number of hydrogen-bond donors (Lipinski definition) is 1. The summed E-state index contributed by atoms with van der Waals surface area (Å²) in [6.07, 6.45) is 0.616. The number of aldehydes is 1. The van der Waals surface area contributed by atoms with Crippen LogP contribution in [0.1, 0.15) is 21.0 Å². The van der Waals surface area contributed by atoms with E-state index in [-0.39, 0.29) is 11.5 Å².